The molecule has 8 nitrogen and oxygen atoms in total. The monoisotopic (exact) mass is 441 g/mol. The molecule has 0 fully saturated rings. The van der Waals surface area contributed by atoms with E-state index in [2.05, 4.69) is 10.3 Å². The minimum atomic E-state index is -0.674. The maximum atomic E-state index is 13.4. The lowest BCUT2D eigenvalue weighted by atomic mass is 10.1. The largest absolute Gasteiger partial charge is 0.494 e. The molecule has 0 radical (unpaired) electrons. The van der Waals surface area contributed by atoms with E-state index in [1.54, 1.807) is 41.6 Å². The third-order valence-corrected chi connectivity index (χ3v) is 5.57. The van der Waals surface area contributed by atoms with Crippen LogP contribution in [0.4, 0.5) is 11.6 Å². The van der Waals surface area contributed by atoms with Gasteiger partial charge in [0.15, 0.2) is 0 Å². The second-order valence-corrected chi connectivity index (χ2v) is 7.78. The van der Waals surface area contributed by atoms with Crippen LogP contribution in [0.2, 0.25) is 0 Å². The van der Waals surface area contributed by atoms with Crippen LogP contribution in [0.15, 0.2) is 73.1 Å². The SMILES string of the molecule is CCOc1ccc(NC(=O)CC2C(=O)N(Cc3cccnc3)c3nc4ccccc4n32)cc1. The molecule has 0 aliphatic carbocycles. The Labute approximate surface area is 190 Å². The number of anilines is 2. The summed E-state index contributed by atoms with van der Waals surface area (Å²) in [5.41, 5.74) is 3.15. The number of amides is 2. The number of carbonyl (C=O) groups is 2. The van der Waals surface area contributed by atoms with Crippen LogP contribution in [0.3, 0.4) is 0 Å². The van der Waals surface area contributed by atoms with Crippen molar-refractivity contribution in [2.75, 3.05) is 16.8 Å². The molecule has 4 aromatic rings. The number of nitrogens with one attached hydrogen (secondary N) is 1. The Morgan fingerprint density at radius 1 is 1.09 bits per heavy atom. The number of fused-ring (bicyclic) bond motifs is 3. The molecule has 1 aliphatic rings. The summed E-state index contributed by atoms with van der Waals surface area (Å²) in [7, 11) is 0. The first kappa shape index (κ1) is 20.7. The van der Waals surface area contributed by atoms with E-state index in [0.717, 1.165) is 22.3 Å². The van der Waals surface area contributed by atoms with Gasteiger partial charge >= 0.3 is 0 Å². The molecule has 0 spiro atoms. The standard InChI is InChI=1S/C25H23N5O3/c1-2-33-19-11-9-18(10-12-19)27-23(31)14-22-24(32)29(16-17-6-5-13-26-15-17)25-28-20-7-3-4-8-21(20)30(22)25/h3-13,15,22H,2,14,16H2,1H3,(H,27,31). The Kier molecular flexibility index (Phi) is 5.48. The number of ether oxygens (including phenoxy) is 1. The average molecular weight is 441 g/mol. The summed E-state index contributed by atoms with van der Waals surface area (Å²) in [6.45, 7) is 2.83. The maximum Gasteiger partial charge on any atom is 0.253 e. The van der Waals surface area contributed by atoms with Gasteiger partial charge < -0.3 is 10.1 Å². The molecule has 33 heavy (non-hydrogen) atoms. The number of pyridine rings is 1. The van der Waals surface area contributed by atoms with E-state index >= 15 is 0 Å². The number of imidazole rings is 1. The van der Waals surface area contributed by atoms with Gasteiger partial charge in [0.25, 0.3) is 5.91 Å². The Hall–Kier alpha value is -4.20. The summed E-state index contributed by atoms with van der Waals surface area (Å²) in [5.74, 6) is 0.879. The third-order valence-electron chi connectivity index (χ3n) is 5.57. The second kappa shape index (κ2) is 8.74. The summed E-state index contributed by atoms with van der Waals surface area (Å²) >= 11 is 0. The molecule has 0 bridgehead atoms. The molecular formula is C25H23N5O3. The number of benzene rings is 2. The molecule has 2 aromatic carbocycles. The first-order valence-electron chi connectivity index (χ1n) is 10.8. The van der Waals surface area contributed by atoms with E-state index in [0.29, 0.717) is 24.8 Å². The number of rotatable bonds is 7. The van der Waals surface area contributed by atoms with Gasteiger partial charge in [-0.15, -0.1) is 0 Å². The highest BCUT2D eigenvalue weighted by Gasteiger charge is 2.40. The highest BCUT2D eigenvalue weighted by molar-refractivity contribution is 6.05. The highest BCUT2D eigenvalue weighted by Crippen LogP contribution is 2.37. The van der Waals surface area contributed by atoms with Gasteiger partial charge in [0.05, 0.1) is 30.6 Å². The molecule has 3 heterocycles. The Morgan fingerprint density at radius 3 is 2.67 bits per heavy atom. The fraction of sp³-hybridized carbons (Fsp3) is 0.200. The quantitative estimate of drug-likeness (QED) is 0.469. The Morgan fingerprint density at radius 2 is 1.91 bits per heavy atom. The van der Waals surface area contributed by atoms with Crippen molar-refractivity contribution in [3.8, 4) is 5.75 Å². The van der Waals surface area contributed by atoms with Crippen LogP contribution in [0.5, 0.6) is 5.75 Å². The van der Waals surface area contributed by atoms with Gasteiger partial charge in [-0.05, 0) is 55.0 Å². The molecule has 8 heteroatoms. The average Bonchev–Trinajstić information content (AvgIpc) is 3.32. The number of carbonyl (C=O) groups excluding carboxylic acids is 2. The number of hydrogen-bond donors (Lipinski definition) is 1. The molecule has 1 N–H and O–H groups in total. The summed E-state index contributed by atoms with van der Waals surface area (Å²) < 4.78 is 7.31. The fourth-order valence-corrected chi connectivity index (χ4v) is 4.11. The molecular weight excluding hydrogens is 418 g/mol. The van der Waals surface area contributed by atoms with Crippen molar-refractivity contribution in [3.05, 3.63) is 78.6 Å². The van der Waals surface area contributed by atoms with Crippen molar-refractivity contribution in [2.45, 2.75) is 25.9 Å². The molecule has 2 aromatic heterocycles. The van der Waals surface area contributed by atoms with Crippen molar-refractivity contribution < 1.29 is 14.3 Å². The van der Waals surface area contributed by atoms with Crippen LogP contribution in [0.25, 0.3) is 11.0 Å². The van der Waals surface area contributed by atoms with Gasteiger partial charge in [-0.3, -0.25) is 24.0 Å². The van der Waals surface area contributed by atoms with Gasteiger partial charge in [0.2, 0.25) is 11.9 Å². The van der Waals surface area contributed by atoms with Crippen molar-refractivity contribution in [2.24, 2.45) is 0 Å². The van der Waals surface area contributed by atoms with E-state index in [9.17, 15) is 9.59 Å². The van der Waals surface area contributed by atoms with Crippen molar-refractivity contribution in [1.29, 1.82) is 0 Å². The van der Waals surface area contributed by atoms with Crippen LogP contribution in [0.1, 0.15) is 24.9 Å². The molecule has 1 atom stereocenters. The van der Waals surface area contributed by atoms with Gasteiger partial charge in [0.1, 0.15) is 11.8 Å². The molecule has 1 unspecified atom stereocenters. The summed E-state index contributed by atoms with van der Waals surface area (Å²) in [4.78, 5) is 36.8. The van der Waals surface area contributed by atoms with Crippen molar-refractivity contribution >= 4 is 34.5 Å². The minimum absolute atomic E-state index is 0.00292. The molecule has 0 saturated carbocycles. The van der Waals surface area contributed by atoms with Gasteiger partial charge in [0, 0.05) is 18.1 Å². The maximum absolute atomic E-state index is 13.4. The first-order chi connectivity index (χ1) is 16.1. The van der Waals surface area contributed by atoms with E-state index in [-0.39, 0.29) is 18.2 Å². The van der Waals surface area contributed by atoms with Crippen LogP contribution in [0, 0.1) is 0 Å². The Bertz CT molecular complexity index is 1300. The van der Waals surface area contributed by atoms with Crippen molar-refractivity contribution in [1.82, 2.24) is 14.5 Å². The normalized spacial score (nSPS) is 15.0. The number of aromatic nitrogens is 3. The zero-order valence-corrected chi connectivity index (χ0v) is 18.1. The van der Waals surface area contributed by atoms with Crippen LogP contribution < -0.4 is 15.0 Å². The van der Waals surface area contributed by atoms with E-state index in [1.165, 1.54) is 0 Å². The van der Waals surface area contributed by atoms with Gasteiger partial charge in [-0.2, -0.15) is 0 Å². The first-order valence-corrected chi connectivity index (χ1v) is 10.8. The lowest BCUT2D eigenvalue weighted by Crippen LogP contribution is -2.31. The predicted molar refractivity (Wildman–Crippen MR) is 125 cm³/mol. The lowest BCUT2D eigenvalue weighted by molar-refractivity contribution is -0.124. The van der Waals surface area contributed by atoms with E-state index in [4.69, 9.17) is 9.72 Å². The third kappa shape index (κ3) is 4.03. The van der Waals surface area contributed by atoms with E-state index < -0.39 is 6.04 Å². The molecule has 166 valence electrons. The van der Waals surface area contributed by atoms with Crippen LogP contribution in [-0.2, 0) is 16.1 Å². The molecule has 5 rings (SSSR count). The number of nitrogens with zero attached hydrogens (tertiary/aromatic N) is 4. The van der Waals surface area contributed by atoms with Crippen LogP contribution >= 0.6 is 0 Å². The second-order valence-electron chi connectivity index (χ2n) is 7.78. The molecule has 2 amide bonds. The summed E-state index contributed by atoms with van der Waals surface area (Å²) in [6, 6.07) is 17.9. The highest BCUT2D eigenvalue weighted by atomic mass is 16.5. The van der Waals surface area contributed by atoms with E-state index in [1.807, 2.05) is 47.9 Å². The summed E-state index contributed by atoms with van der Waals surface area (Å²) in [5, 5.41) is 2.89. The lowest BCUT2D eigenvalue weighted by Gasteiger charge is -2.16. The Balaban J connectivity index is 1.41. The van der Waals surface area contributed by atoms with Crippen molar-refractivity contribution in [3.63, 3.8) is 0 Å². The molecule has 0 saturated heterocycles. The minimum Gasteiger partial charge on any atom is -0.494 e. The zero-order chi connectivity index (χ0) is 22.8. The topological polar surface area (TPSA) is 89.3 Å². The van der Waals surface area contributed by atoms with Gasteiger partial charge in [-0.25, -0.2) is 4.98 Å². The smallest absolute Gasteiger partial charge is 0.253 e. The van der Waals surface area contributed by atoms with Gasteiger partial charge in [-0.1, -0.05) is 18.2 Å². The van der Waals surface area contributed by atoms with Crippen LogP contribution in [-0.4, -0.2) is 33.0 Å². The zero-order valence-electron chi connectivity index (χ0n) is 18.1. The fourth-order valence-electron chi connectivity index (χ4n) is 4.11. The number of hydrogen-bond acceptors (Lipinski definition) is 5. The number of para-hydroxylation sites is 2. The molecule has 1 aliphatic heterocycles. The summed E-state index contributed by atoms with van der Waals surface area (Å²) in [6.07, 6.45) is 3.42. The predicted octanol–water partition coefficient (Wildman–Crippen LogP) is 3.95.